The third-order valence-electron chi connectivity index (χ3n) is 3.26. The summed E-state index contributed by atoms with van der Waals surface area (Å²) in [5.74, 6) is -1.18. The van der Waals surface area contributed by atoms with Crippen LogP contribution in [-0.2, 0) is 16.2 Å². The lowest BCUT2D eigenvalue weighted by molar-refractivity contribution is -0.384. The number of non-ortho nitro benzene ring substituents is 1. The van der Waals surface area contributed by atoms with Gasteiger partial charge in [0.1, 0.15) is 12.4 Å². The number of nitro benzene ring substituents is 1. The van der Waals surface area contributed by atoms with E-state index in [2.05, 4.69) is 15.8 Å². The maximum absolute atomic E-state index is 11.3. The zero-order valence-corrected chi connectivity index (χ0v) is 13.8. The molecule has 9 nitrogen and oxygen atoms in total. The van der Waals surface area contributed by atoms with E-state index in [0.717, 1.165) is 5.56 Å². The third-order valence-corrected chi connectivity index (χ3v) is 3.26. The fourth-order valence-electron chi connectivity index (χ4n) is 1.92. The van der Waals surface area contributed by atoms with Crippen LogP contribution < -0.4 is 15.5 Å². The zero-order chi connectivity index (χ0) is 18.9. The number of likely N-dealkylation sites (N-methyl/N-ethyl adjacent to an activating group) is 1. The lowest BCUT2D eigenvalue weighted by Crippen LogP contribution is -2.35. The van der Waals surface area contributed by atoms with Crippen LogP contribution in [0.25, 0.3) is 0 Å². The van der Waals surface area contributed by atoms with Crippen LogP contribution in [0.15, 0.2) is 53.6 Å². The number of ether oxygens (including phenoxy) is 1. The molecule has 134 valence electrons. The molecule has 2 amide bonds. The summed E-state index contributed by atoms with van der Waals surface area (Å²) in [7, 11) is 1.34. The summed E-state index contributed by atoms with van der Waals surface area (Å²) in [4.78, 5) is 32.6. The maximum atomic E-state index is 11.3. The van der Waals surface area contributed by atoms with Gasteiger partial charge < -0.3 is 10.1 Å². The van der Waals surface area contributed by atoms with Crippen molar-refractivity contribution in [1.82, 2.24) is 10.7 Å². The van der Waals surface area contributed by atoms with Crippen molar-refractivity contribution >= 4 is 23.7 Å². The van der Waals surface area contributed by atoms with Gasteiger partial charge in [-0.25, -0.2) is 5.43 Å². The molecule has 0 aliphatic carbocycles. The molecule has 0 unspecified atom stereocenters. The first-order valence-corrected chi connectivity index (χ1v) is 7.51. The largest absolute Gasteiger partial charge is 0.488 e. The molecule has 0 atom stereocenters. The van der Waals surface area contributed by atoms with Gasteiger partial charge in [0.2, 0.25) is 0 Å². The Balaban J connectivity index is 2.01. The van der Waals surface area contributed by atoms with E-state index in [1.165, 1.54) is 25.4 Å². The lowest BCUT2D eigenvalue weighted by atomic mass is 10.2. The fourth-order valence-corrected chi connectivity index (χ4v) is 1.92. The van der Waals surface area contributed by atoms with Gasteiger partial charge in [-0.05, 0) is 29.8 Å². The van der Waals surface area contributed by atoms with E-state index in [9.17, 15) is 19.7 Å². The molecule has 0 fully saturated rings. The topological polar surface area (TPSA) is 123 Å². The van der Waals surface area contributed by atoms with E-state index in [-0.39, 0.29) is 12.3 Å². The van der Waals surface area contributed by atoms with Crippen molar-refractivity contribution in [1.29, 1.82) is 0 Å². The van der Waals surface area contributed by atoms with E-state index < -0.39 is 16.7 Å². The molecule has 2 N–H and O–H groups in total. The predicted octanol–water partition coefficient (Wildman–Crippen LogP) is 1.37. The van der Waals surface area contributed by atoms with Crippen molar-refractivity contribution in [2.75, 3.05) is 7.05 Å². The van der Waals surface area contributed by atoms with Crippen molar-refractivity contribution in [2.24, 2.45) is 5.10 Å². The fraction of sp³-hybridized carbons (Fsp3) is 0.118. The number of para-hydroxylation sites is 1. The smallest absolute Gasteiger partial charge is 0.329 e. The van der Waals surface area contributed by atoms with Crippen LogP contribution in [0.3, 0.4) is 0 Å². The molecule has 0 bridgehead atoms. The van der Waals surface area contributed by atoms with Gasteiger partial charge >= 0.3 is 11.8 Å². The molecular formula is C17H16N4O5. The highest BCUT2D eigenvalue weighted by Crippen LogP contribution is 2.18. The number of nitrogens with one attached hydrogen (secondary N) is 2. The minimum Gasteiger partial charge on any atom is -0.488 e. The van der Waals surface area contributed by atoms with E-state index in [4.69, 9.17) is 4.74 Å². The van der Waals surface area contributed by atoms with E-state index in [0.29, 0.717) is 11.3 Å². The van der Waals surface area contributed by atoms with Crippen LogP contribution in [-0.4, -0.2) is 30.0 Å². The van der Waals surface area contributed by atoms with Gasteiger partial charge in [-0.1, -0.05) is 12.1 Å². The first-order valence-electron chi connectivity index (χ1n) is 7.51. The van der Waals surface area contributed by atoms with Crippen molar-refractivity contribution in [3.05, 3.63) is 69.8 Å². The Hall–Kier alpha value is -3.75. The number of hydrogen-bond donors (Lipinski definition) is 2. The molecule has 2 aromatic carbocycles. The molecule has 0 aromatic heterocycles. The Morgan fingerprint density at radius 3 is 2.50 bits per heavy atom. The average molecular weight is 356 g/mol. The molecule has 0 radical (unpaired) electrons. The highest BCUT2D eigenvalue weighted by atomic mass is 16.6. The van der Waals surface area contributed by atoms with Gasteiger partial charge in [0, 0.05) is 24.7 Å². The van der Waals surface area contributed by atoms with Crippen molar-refractivity contribution in [2.45, 2.75) is 6.61 Å². The minimum absolute atomic E-state index is 0.00754. The SMILES string of the molecule is CNC(=O)C(=O)N/N=C\c1ccccc1OCc1ccc([N+](=O)[O-])cc1. The Morgan fingerprint density at radius 1 is 1.15 bits per heavy atom. The number of carbonyl (C=O) groups is 2. The van der Waals surface area contributed by atoms with Crippen LogP contribution in [0.4, 0.5) is 5.69 Å². The molecule has 0 aliphatic heterocycles. The number of rotatable bonds is 6. The highest BCUT2D eigenvalue weighted by Gasteiger charge is 2.09. The summed E-state index contributed by atoms with van der Waals surface area (Å²) in [6, 6.07) is 13.0. The third kappa shape index (κ3) is 5.13. The van der Waals surface area contributed by atoms with E-state index in [1.807, 2.05) is 0 Å². The molecule has 0 saturated heterocycles. The Labute approximate surface area is 148 Å². The summed E-state index contributed by atoms with van der Waals surface area (Å²) in [6.07, 6.45) is 1.35. The standard InChI is InChI=1S/C17H16N4O5/c1-18-16(22)17(23)20-19-10-13-4-2-3-5-15(13)26-11-12-6-8-14(9-7-12)21(24)25/h2-10H,11H2,1H3,(H,18,22)(H,20,23)/b19-10-. The molecule has 2 rings (SSSR count). The van der Waals surface area contributed by atoms with Crippen LogP contribution in [0.5, 0.6) is 5.75 Å². The number of benzene rings is 2. The number of amides is 2. The number of hydrogen-bond acceptors (Lipinski definition) is 6. The van der Waals surface area contributed by atoms with Crippen molar-refractivity contribution in [3.8, 4) is 5.75 Å². The van der Waals surface area contributed by atoms with Gasteiger partial charge in [-0.15, -0.1) is 0 Å². The summed E-state index contributed by atoms with van der Waals surface area (Å²) in [5.41, 5.74) is 3.46. The monoisotopic (exact) mass is 356 g/mol. The number of hydrazone groups is 1. The van der Waals surface area contributed by atoms with Crippen LogP contribution in [0.1, 0.15) is 11.1 Å². The number of carbonyl (C=O) groups excluding carboxylic acids is 2. The van der Waals surface area contributed by atoms with Gasteiger partial charge in [0.05, 0.1) is 11.1 Å². The first kappa shape index (κ1) is 18.6. The second kappa shape index (κ2) is 8.92. The van der Waals surface area contributed by atoms with Gasteiger partial charge in [0.25, 0.3) is 5.69 Å². The number of nitrogens with zero attached hydrogens (tertiary/aromatic N) is 2. The molecule has 0 heterocycles. The molecule has 0 aliphatic rings. The average Bonchev–Trinajstić information content (AvgIpc) is 2.66. The molecule has 26 heavy (non-hydrogen) atoms. The van der Waals surface area contributed by atoms with Crippen molar-refractivity contribution in [3.63, 3.8) is 0 Å². The maximum Gasteiger partial charge on any atom is 0.329 e. The summed E-state index contributed by atoms with van der Waals surface area (Å²) < 4.78 is 5.70. The minimum atomic E-state index is -0.881. The van der Waals surface area contributed by atoms with Crippen LogP contribution >= 0.6 is 0 Å². The zero-order valence-electron chi connectivity index (χ0n) is 13.8. The van der Waals surface area contributed by atoms with Gasteiger partial charge in [0.15, 0.2) is 0 Å². The lowest BCUT2D eigenvalue weighted by Gasteiger charge is -2.09. The van der Waals surface area contributed by atoms with Crippen LogP contribution in [0, 0.1) is 10.1 Å². The van der Waals surface area contributed by atoms with Gasteiger partial charge in [-0.3, -0.25) is 19.7 Å². The molecule has 2 aromatic rings. The van der Waals surface area contributed by atoms with E-state index >= 15 is 0 Å². The second-order valence-electron chi connectivity index (χ2n) is 5.03. The Morgan fingerprint density at radius 2 is 1.85 bits per heavy atom. The molecule has 0 saturated carbocycles. The highest BCUT2D eigenvalue weighted by molar-refractivity contribution is 6.35. The summed E-state index contributed by atoms with van der Waals surface area (Å²) >= 11 is 0. The molecular weight excluding hydrogens is 340 g/mol. The Kier molecular flexibility index (Phi) is 6.38. The molecule has 0 spiro atoms. The Bertz CT molecular complexity index is 833. The van der Waals surface area contributed by atoms with Crippen molar-refractivity contribution < 1.29 is 19.2 Å². The quantitative estimate of drug-likeness (QED) is 0.350. The predicted molar refractivity (Wildman–Crippen MR) is 93.7 cm³/mol. The van der Waals surface area contributed by atoms with E-state index in [1.54, 1.807) is 36.4 Å². The normalized spacial score (nSPS) is 10.3. The second-order valence-corrected chi connectivity index (χ2v) is 5.03. The van der Waals surface area contributed by atoms with Crippen LogP contribution in [0.2, 0.25) is 0 Å². The van der Waals surface area contributed by atoms with Gasteiger partial charge in [-0.2, -0.15) is 5.10 Å². The summed E-state index contributed by atoms with van der Waals surface area (Å²) in [6.45, 7) is 0.202. The first-order chi connectivity index (χ1) is 12.5. The molecule has 9 heteroatoms. The number of nitro groups is 1. The summed E-state index contributed by atoms with van der Waals surface area (Å²) in [5, 5.41) is 16.6.